The van der Waals surface area contributed by atoms with E-state index in [4.69, 9.17) is 0 Å². The first-order valence-electron chi connectivity index (χ1n) is 5.23. The topological polar surface area (TPSA) is 26.7 Å². The van der Waals surface area contributed by atoms with Gasteiger partial charge >= 0.3 is 0 Å². The van der Waals surface area contributed by atoms with Gasteiger partial charge < -0.3 is 10.0 Å². The molecule has 0 saturated carbocycles. The third kappa shape index (κ3) is 2.03. The first-order chi connectivity index (χ1) is 6.18. The first kappa shape index (κ1) is 11.0. The smallest absolute Gasteiger partial charge is 0.0628 e. The summed E-state index contributed by atoms with van der Waals surface area (Å²) in [6, 6.07) is 0. The third-order valence-corrected chi connectivity index (χ3v) is 3.25. The monoisotopic (exact) mass is 186 g/mol. The molecule has 0 bridgehead atoms. The largest absolute Gasteiger partial charge is 0.394 e. The highest BCUT2D eigenvalue weighted by Crippen LogP contribution is 2.26. The zero-order chi connectivity index (χ0) is 9.90. The van der Waals surface area contributed by atoms with Crippen LogP contribution in [0, 0.1) is 0 Å². The number of aliphatic hydroxyl groups excluding tert-OH is 1. The maximum Gasteiger partial charge on any atom is 0.0628 e. The van der Waals surface area contributed by atoms with E-state index in [0.717, 1.165) is 32.6 Å². The highest BCUT2D eigenvalue weighted by Gasteiger charge is 2.39. The molecule has 0 aromatic rings. The summed E-state index contributed by atoms with van der Waals surface area (Å²) in [6.07, 6.45) is 1.10. The van der Waals surface area contributed by atoms with Crippen LogP contribution in [-0.2, 0) is 0 Å². The van der Waals surface area contributed by atoms with Gasteiger partial charge in [0.25, 0.3) is 0 Å². The van der Waals surface area contributed by atoms with Gasteiger partial charge in [0.2, 0.25) is 0 Å². The number of likely N-dealkylation sites (N-methyl/N-ethyl adjacent to an activating group) is 2. The molecule has 3 heteroatoms. The Morgan fingerprint density at radius 1 is 1.38 bits per heavy atom. The molecule has 78 valence electrons. The van der Waals surface area contributed by atoms with Gasteiger partial charge in [-0.15, -0.1) is 0 Å². The van der Waals surface area contributed by atoms with E-state index in [1.54, 1.807) is 0 Å². The van der Waals surface area contributed by atoms with Crippen molar-refractivity contribution >= 4 is 0 Å². The summed E-state index contributed by atoms with van der Waals surface area (Å²) >= 11 is 0. The fourth-order valence-electron chi connectivity index (χ4n) is 2.44. The van der Waals surface area contributed by atoms with Crippen molar-refractivity contribution in [1.82, 2.24) is 9.80 Å². The van der Waals surface area contributed by atoms with Gasteiger partial charge in [-0.2, -0.15) is 0 Å². The fourth-order valence-corrected chi connectivity index (χ4v) is 2.44. The minimum Gasteiger partial charge on any atom is -0.394 e. The minimum atomic E-state index is 0.0399. The lowest BCUT2D eigenvalue weighted by molar-refractivity contribution is 0.0449. The highest BCUT2D eigenvalue weighted by atomic mass is 16.3. The summed E-state index contributed by atoms with van der Waals surface area (Å²) in [5, 5.41) is 9.50. The van der Waals surface area contributed by atoms with E-state index in [1.165, 1.54) is 0 Å². The Balaban J connectivity index is 2.68. The molecule has 0 spiro atoms. The molecule has 13 heavy (non-hydrogen) atoms. The second kappa shape index (κ2) is 4.40. The Morgan fingerprint density at radius 3 is 2.31 bits per heavy atom. The van der Waals surface area contributed by atoms with Crippen LogP contribution in [0.5, 0.6) is 0 Å². The second-order valence-electron chi connectivity index (χ2n) is 4.04. The van der Waals surface area contributed by atoms with Gasteiger partial charge in [-0.1, -0.05) is 13.8 Å². The van der Waals surface area contributed by atoms with E-state index < -0.39 is 0 Å². The number of hydrogen-bond donors (Lipinski definition) is 1. The Labute approximate surface area is 81.3 Å². The van der Waals surface area contributed by atoms with Gasteiger partial charge in [0.15, 0.2) is 0 Å². The molecule has 1 aliphatic heterocycles. The lowest BCUT2D eigenvalue weighted by atomic mass is 9.97. The van der Waals surface area contributed by atoms with Crippen molar-refractivity contribution in [3.8, 4) is 0 Å². The Kier molecular flexibility index (Phi) is 3.71. The molecule has 1 fully saturated rings. The summed E-state index contributed by atoms with van der Waals surface area (Å²) < 4.78 is 0. The molecule has 0 aliphatic carbocycles. The van der Waals surface area contributed by atoms with Crippen molar-refractivity contribution in [1.29, 1.82) is 0 Å². The van der Waals surface area contributed by atoms with Gasteiger partial charge in [0.1, 0.15) is 0 Å². The second-order valence-corrected chi connectivity index (χ2v) is 4.04. The Bertz CT molecular complexity index is 159. The molecule has 0 amide bonds. The average molecular weight is 186 g/mol. The number of likely N-dealkylation sites (tertiary alicyclic amines) is 1. The predicted molar refractivity (Wildman–Crippen MR) is 54.9 cm³/mol. The molecule has 1 rings (SSSR count). The number of hydrogen-bond acceptors (Lipinski definition) is 3. The van der Waals surface area contributed by atoms with Crippen molar-refractivity contribution in [2.75, 3.05) is 39.8 Å². The van der Waals surface area contributed by atoms with E-state index in [9.17, 15) is 5.11 Å². The number of rotatable bonds is 4. The summed E-state index contributed by atoms with van der Waals surface area (Å²) in [4.78, 5) is 4.69. The lowest BCUT2D eigenvalue weighted by Gasteiger charge is -2.38. The van der Waals surface area contributed by atoms with Gasteiger partial charge in [-0.3, -0.25) is 4.90 Å². The van der Waals surface area contributed by atoms with Crippen LogP contribution in [0.4, 0.5) is 0 Å². The van der Waals surface area contributed by atoms with Crippen LogP contribution in [-0.4, -0.2) is 60.3 Å². The predicted octanol–water partition coefficient (Wildman–Crippen LogP) is 0.395. The average Bonchev–Trinajstić information content (AvgIpc) is 2.51. The lowest BCUT2D eigenvalue weighted by Crippen LogP contribution is -2.53. The van der Waals surface area contributed by atoms with Crippen molar-refractivity contribution in [3.05, 3.63) is 0 Å². The summed E-state index contributed by atoms with van der Waals surface area (Å²) in [7, 11) is 2.13. The molecule has 1 unspecified atom stereocenters. The standard InChI is InChI=1S/C10H22N2O/c1-4-12(5-2)10(9-13)6-7-11(3)8-10/h13H,4-9H2,1-3H3. The van der Waals surface area contributed by atoms with Crippen LogP contribution in [0.25, 0.3) is 0 Å². The zero-order valence-electron chi connectivity index (χ0n) is 9.08. The zero-order valence-corrected chi connectivity index (χ0v) is 9.08. The van der Waals surface area contributed by atoms with Crippen molar-refractivity contribution < 1.29 is 5.11 Å². The van der Waals surface area contributed by atoms with Crippen LogP contribution in [0.1, 0.15) is 20.3 Å². The maximum absolute atomic E-state index is 9.50. The van der Waals surface area contributed by atoms with E-state index in [0.29, 0.717) is 6.61 Å². The molecule has 1 atom stereocenters. The first-order valence-corrected chi connectivity index (χ1v) is 5.23. The Morgan fingerprint density at radius 2 is 2.00 bits per heavy atom. The normalized spacial score (nSPS) is 30.2. The minimum absolute atomic E-state index is 0.0399. The van der Waals surface area contributed by atoms with E-state index >= 15 is 0 Å². The van der Waals surface area contributed by atoms with Crippen LogP contribution < -0.4 is 0 Å². The van der Waals surface area contributed by atoms with Crippen LogP contribution in [0.2, 0.25) is 0 Å². The summed E-state index contributed by atoms with van der Waals surface area (Å²) in [5.74, 6) is 0. The van der Waals surface area contributed by atoms with Crippen LogP contribution in [0.3, 0.4) is 0 Å². The number of nitrogens with zero attached hydrogens (tertiary/aromatic N) is 2. The van der Waals surface area contributed by atoms with Crippen molar-refractivity contribution in [3.63, 3.8) is 0 Å². The highest BCUT2D eigenvalue weighted by molar-refractivity contribution is 4.97. The van der Waals surface area contributed by atoms with Gasteiger partial charge in [-0.25, -0.2) is 0 Å². The fraction of sp³-hybridized carbons (Fsp3) is 1.00. The van der Waals surface area contributed by atoms with Gasteiger partial charge in [0, 0.05) is 6.54 Å². The molecule has 1 N–H and O–H groups in total. The third-order valence-electron chi connectivity index (χ3n) is 3.25. The summed E-state index contributed by atoms with van der Waals surface area (Å²) in [5.41, 5.74) is 0.0399. The number of aliphatic hydroxyl groups is 1. The van der Waals surface area contributed by atoms with Gasteiger partial charge in [-0.05, 0) is 33.1 Å². The molecule has 0 radical (unpaired) electrons. The SMILES string of the molecule is CCN(CC)C1(CO)CCN(C)C1. The molecular weight excluding hydrogens is 164 g/mol. The van der Waals surface area contributed by atoms with E-state index in [1.807, 2.05) is 0 Å². The van der Waals surface area contributed by atoms with Crippen LogP contribution >= 0.6 is 0 Å². The molecule has 0 aromatic heterocycles. The molecule has 1 aliphatic rings. The summed E-state index contributed by atoms with van der Waals surface area (Å²) in [6.45, 7) is 8.80. The van der Waals surface area contributed by atoms with E-state index in [2.05, 4.69) is 30.7 Å². The molecular formula is C10H22N2O. The van der Waals surface area contributed by atoms with Crippen molar-refractivity contribution in [2.24, 2.45) is 0 Å². The molecule has 1 saturated heterocycles. The van der Waals surface area contributed by atoms with Crippen LogP contribution in [0.15, 0.2) is 0 Å². The van der Waals surface area contributed by atoms with E-state index in [-0.39, 0.29) is 5.54 Å². The quantitative estimate of drug-likeness (QED) is 0.688. The van der Waals surface area contributed by atoms with Gasteiger partial charge in [0.05, 0.1) is 12.1 Å². The van der Waals surface area contributed by atoms with Crippen molar-refractivity contribution in [2.45, 2.75) is 25.8 Å². The molecule has 1 heterocycles. The molecule has 0 aromatic carbocycles. The molecule has 3 nitrogen and oxygen atoms in total. The maximum atomic E-state index is 9.50. The Hall–Kier alpha value is -0.120.